The second kappa shape index (κ2) is 7.13. The first-order valence-electron chi connectivity index (χ1n) is 7.19. The van der Waals surface area contributed by atoms with Gasteiger partial charge in [0.25, 0.3) is 0 Å². The lowest BCUT2D eigenvalue weighted by Gasteiger charge is -2.38. The van der Waals surface area contributed by atoms with Crippen LogP contribution in [0, 0.1) is 0 Å². The summed E-state index contributed by atoms with van der Waals surface area (Å²) >= 11 is 2.22. The largest absolute Gasteiger partial charge is 0.311 e. The van der Waals surface area contributed by atoms with Gasteiger partial charge in [0, 0.05) is 27.2 Å². The third-order valence-corrected chi connectivity index (χ3v) is 4.98. The van der Waals surface area contributed by atoms with Crippen LogP contribution in [0.1, 0.15) is 24.0 Å². The van der Waals surface area contributed by atoms with Crippen LogP contribution >= 0.6 is 30.4 Å². The number of benzene rings is 2. The van der Waals surface area contributed by atoms with Gasteiger partial charge in [-0.25, -0.2) is 0 Å². The Morgan fingerprint density at radius 1 is 1.00 bits per heavy atom. The molecule has 0 saturated carbocycles. The molecule has 1 saturated heterocycles. The molecule has 110 valence electrons. The monoisotopic (exact) mass is 411 g/mol. The van der Waals surface area contributed by atoms with Crippen LogP contribution in [0.5, 0.6) is 0 Å². The van der Waals surface area contributed by atoms with E-state index in [2.05, 4.69) is 87.2 Å². The van der Waals surface area contributed by atoms with Crippen LogP contribution in [0.15, 0.2) is 60.7 Å². The fourth-order valence-electron chi connectivity index (χ4n) is 3.18. The van der Waals surface area contributed by atoms with Crippen LogP contribution < -0.4 is 5.32 Å². The molecule has 1 N–H and O–H groups in total. The summed E-state index contributed by atoms with van der Waals surface area (Å²) in [5, 5.41) is 3.64. The van der Waals surface area contributed by atoms with Crippen molar-refractivity contribution < 1.29 is 4.18 Å². The van der Waals surface area contributed by atoms with Crippen molar-refractivity contribution >= 4 is 30.4 Å². The van der Waals surface area contributed by atoms with E-state index in [0.717, 1.165) is 13.0 Å². The minimum atomic E-state index is -0.440. The fourth-order valence-corrected chi connectivity index (χ4v) is 4.43. The Morgan fingerprint density at radius 2 is 1.57 bits per heavy atom. The lowest BCUT2D eigenvalue weighted by molar-refractivity contribution is 0.101. The minimum absolute atomic E-state index is 0.296. The van der Waals surface area contributed by atoms with Crippen molar-refractivity contribution in [3.05, 3.63) is 71.8 Å². The van der Waals surface area contributed by atoms with Crippen LogP contribution in [-0.2, 0) is 9.78 Å². The number of hydrogen-bond donors (Lipinski definition) is 1. The summed E-state index contributed by atoms with van der Waals surface area (Å²) < 4.78 is 6.33. The van der Waals surface area contributed by atoms with Gasteiger partial charge >= 0.3 is 0 Å². The lowest BCUT2D eigenvalue weighted by atomic mass is 9.79. The molecular formula is C17H18INOS. The number of nitrogens with one attached hydrogen (secondary N) is 1. The Morgan fingerprint density at radius 3 is 2.00 bits per heavy atom. The third kappa shape index (κ3) is 2.99. The van der Waals surface area contributed by atoms with Crippen LogP contribution in [-0.4, -0.2) is 12.6 Å². The number of rotatable bonds is 5. The van der Waals surface area contributed by atoms with Gasteiger partial charge in [-0.2, -0.15) is 0 Å². The molecule has 2 aromatic rings. The molecule has 4 heteroatoms. The van der Waals surface area contributed by atoms with Crippen molar-refractivity contribution in [1.82, 2.24) is 5.32 Å². The van der Waals surface area contributed by atoms with Crippen molar-refractivity contribution in [3.8, 4) is 0 Å². The molecule has 1 fully saturated rings. The Kier molecular flexibility index (Phi) is 5.21. The highest BCUT2D eigenvalue weighted by Gasteiger charge is 2.45. The Labute approximate surface area is 142 Å². The number of hydrogen-bond acceptors (Lipinski definition) is 3. The highest BCUT2D eigenvalue weighted by molar-refractivity contribution is 14.2. The zero-order valence-corrected chi connectivity index (χ0v) is 14.6. The molecule has 2 aromatic carbocycles. The van der Waals surface area contributed by atoms with Gasteiger partial charge in [0.1, 0.15) is 5.60 Å². The molecule has 1 aliphatic rings. The molecule has 1 atom stereocenters. The van der Waals surface area contributed by atoms with Gasteiger partial charge in [-0.1, -0.05) is 60.7 Å². The Balaban J connectivity index is 2.15. The van der Waals surface area contributed by atoms with Gasteiger partial charge in [0.05, 0.1) is 9.21 Å². The van der Waals surface area contributed by atoms with Crippen LogP contribution in [0.3, 0.4) is 0 Å². The average molecular weight is 411 g/mol. The van der Waals surface area contributed by atoms with E-state index in [1.54, 1.807) is 0 Å². The first-order chi connectivity index (χ1) is 10.4. The maximum absolute atomic E-state index is 6.33. The lowest BCUT2D eigenvalue weighted by Crippen LogP contribution is -2.47. The van der Waals surface area contributed by atoms with Crippen LogP contribution in [0.4, 0.5) is 0 Å². The SMILES string of the molecule is ISOC(c1ccccc1)(c1ccccc1)C1CCCN1. The molecule has 0 aliphatic carbocycles. The standard InChI is InChI=1S/C17H18INOS/c18-21-20-17(16-12-7-13-19-16,14-8-3-1-4-9-14)15-10-5-2-6-11-15/h1-6,8-11,16,19H,7,12-13H2. The average Bonchev–Trinajstić information content (AvgIpc) is 3.09. The van der Waals surface area contributed by atoms with Crippen molar-refractivity contribution in [2.75, 3.05) is 6.54 Å². The summed E-state index contributed by atoms with van der Waals surface area (Å²) in [6, 6.07) is 21.4. The van der Waals surface area contributed by atoms with Crippen molar-refractivity contribution in [2.24, 2.45) is 0 Å². The molecule has 21 heavy (non-hydrogen) atoms. The van der Waals surface area contributed by atoms with E-state index in [1.165, 1.54) is 26.8 Å². The summed E-state index contributed by atoms with van der Waals surface area (Å²) in [6.45, 7) is 1.06. The van der Waals surface area contributed by atoms with Gasteiger partial charge < -0.3 is 5.32 Å². The van der Waals surface area contributed by atoms with Gasteiger partial charge in [-0.3, -0.25) is 4.18 Å². The Hall–Kier alpha value is -0.560. The third-order valence-electron chi connectivity index (χ3n) is 4.12. The normalized spacial score (nSPS) is 18.8. The molecule has 1 aliphatic heterocycles. The highest BCUT2D eigenvalue weighted by Crippen LogP contribution is 2.44. The molecule has 0 amide bonds. The minimum Gasteiger partial charge on any atom is -0.311 e. The first kappa shape index (κ1) is 15.3. The quantitative estimate of drug-likeness (QED) is 0.570. The summed E-state index contributed by atoms with van der Waals surface area (Å²) in [5.74, 6) is 0. The Bertz CT molecular complexity index is 518. The van der Waals surface area contributed by atoms with Gasteiger partial charge in [0.2, 0.25) is 0 Å². The molecule has 0 bridgehead atoms. The van der Waals surface area contributed by atoms with E-state index in [9.17, 15) is 0 Å². The predicted molar refractivity (Wildman–Crippen MR) is 97.4 cm³/mol. The maximum Gasteiger partial charge on any atom is 0.149 e. The zero-order chi connectivity index (χ0) is 14.5. The van der Waals surface area contributed by atoms with E-state index in [1.807, 2.05) is 0 Å². The predicted octanol–water partition coefficient (Wildman–Crippen LogP) is 4.70. The molecular weight excluding hydrogens is 393 g/mol. The van der Waals surface area contributed by atoms with Crippen molar-refractivity contribution in [1.29, 1.82) is 0 Å². The van der Waals surface area contributed by atoms with Crippen molar-refractivity contribution in [3.63, 3.8) is 0 Å². The number of halogens is 1. The second-order valence-electron chi connectivity index (χ2n) is 5.26. The van der Waals surface area contributed by atoms with E-state index in [-0.39, 0.29) is 0 Å². The van der Waals surface area contributed by atoms with E-state index in [0.29, 0.717) is 6.04 Å². The van der Waals surface area contributed by atoms with E-state index >= 15 is 0 Å². The summed E-state index contributed by atoms with van der Waals surface area (Å²) in [5.41, 5.74) is 1.98. The zero-order valence-electron chi connectivity index (χ0n) is 11.7. The van der Waals surface area contributed by atoms with E-state index in [4.69, 9.17) is 4.18 Å². The summed E-state index contributed by atoms with van der Waals surface area (Å²) in [7, 11) is 1.42. The van der Waals surface area contributed by atoms with Crippen molar-refractivity contribution in [2.45, 2.75) is 24.5 Å². The van der Waals surface area contributed by atoms with Crippen LogP contribution in [0.2, 0.25) is 0 Å². The van der Waals surface area contributed by atoms with Gasteiger partial charge in [0.15, 0.2) is 0 Å². The van der Waals surface area contributed by atoms with Gasteiger partial charge in [-0.05, 0) is 30.5 Å². The molecule has 0 aromatic heterocycles. The molecule has 1 unspecified atom stereocenters. The summed E-state index contributed by atoms with van der Waals surface area (Å²) in [6.07, 6.45) is 2.32. The smallest absolute Gasteiger partial charge is 0.149 e. The second-order valence-corrected chi connectivity index (χ2v) is 6.63. The molecule has 1 heterocycles. The molecule has 3 rings (SSSR count). The molecule has 0 radical (unpaired) electrons. The van der Waals surface area contributed by atoms with E-state index < -0.39 is 5.60 Å². The topological polar surface area (TPSA) is 21.3 Å². The molecule has 2 nitrogen and oxygen atoms in total. The summed E-state index contributed by atoms with van der Waals surface area (Å²) in [4.78, 5) is 0. The van der Waals surface area contributed by atoms with Gasteiger partial charge in [-0.15, -0.1) is 0 Å². The first-order valence-corrected chi connectivity index (χ1v) is 10.5. The fraction of sp³-hybridized carbons (Fsp3) is 0.294. The highest BCUT2D eigenvalue weighted by atomic mass is 127. The molecule has 0 spiro atoms. The van der Waals surface area contributed by atoms with Crippen LogP contribution in [0.25, 0.3) is 0 Å². The maximum atomic E-state index is 6.33.